The Labute approximate surface area is 120 Å². The fourth-order valence-corrected chi connectivity index (χ4v) is 1.74. The minimum Gasteiger partial charge on any atom is -0.348 e. The summed E-state index contributed by atoms with van der Waals surface area (Å²) in [6, 6.07) is 3.25. The van der Waals surface area contributed by atoms with Gasteiger partial charge in [-0.15, -0.1) is 0 Å². The van der Waals surface area contributed by atoms with Gasteiger partial charge in [0.05, 0.1) is 6.20 Å². The van der Waals surface area contributed by atoms with Crippen molar-refractivity contribution >= 4 is 17.6 Å². The van der Waals surface area contributed by atoms with Crippen LogP contribution in [-0.2, 0) is 0 Å². The second kappa shape index (κ2) is 5.66. The van der Waals surface area contributed by atoms with Crippen LogP contribution in [0.25, 0.3) is 0 Å². The average molecular weight is 283 g/mol. The summed E-state index contributed by atoms with van der Waals surface area (Å²) in [4.78, 5) is 35.8. The lowest BCUT2D eigenvalue weighted by Gasteiger charge is -2.06. The molecule has 1 saturated carbocycles. The first-order chi connectivity index (χ1) is 10.2. The van der Waals surface area contributed by atoms with E-state index in [1.54, 1.807) is 6.07 Å². The zero-order valence-electron chi connectivity index (χ0n) is 11.1. The number of pyridine rings is 1. The predicted molar refractivity (Wildman–Crippen MR) is 74.7 cm³/mol. The van der Waals surface area contributed by atoms with Gasteiger partial charge in [0, 0.05) is 30.2 Å². The lowest BCUT2D eigenvalue weighted by Crippen LogP contribution is -2.26. The lowest BCUT2D eigenvalue weighted by atomic mass is 10.2. The Morgan fingerprint density at radius 3 is 2.67 bits per heavy atom. The molecule has 1 aliphatic carbocycles. The number of carbonyl (C=O) groups is 2. The molecule has 0 radical (unpaired) electrons. The van der Waals surface area contributed by atoms with Crippen LogP contribution >= 0.6 is 0 Å². The van der Waals surface area contributed by atoms with Crippen molar-refractivity contribution in [3.8, 4) is 0 Å². The third-order valence-corrected chi connectivity index (χ3v) is 2.97. The smallest absolute Gasteiger partial charge is 0.270 e. The summed E-state index contributed by atoms with van der Waals surface area (Å²) in [7, 11) is 0. The number of carbonyl (C=O) groups excluding carboxylic acids is 2. The number of nitrogens with one attached hydrogen (secondary N) is 2. The number of aromatic nitrogens is 3. The first kappa shape index (κ1) is 13.2. The summed E-state index contributed by atoms with van der Waals surface area (Å²) < 4.78 is 0. The van der Waals surface area contributed by atoms with Crippen LogP contribution in [0.4, 0.5) is 5.82 Å². The van der Waals surface area contributed by atoms with Crippen LogP contribution in [0.15, 0.2) is 36.9 Å². The maximum Gasteiger partial charge on any atom is 0.270 e. The molecule has 2 aromatic heterocycles. The SMILES string of the molecule is O=C(Nc1cnccn1)c1ccnc(C(=O)NC2CC2)c1. The molecular weight excluding hydrogens is 270 g/mol. The molecule has 0 unspecified atom stereocenters. The van der Waals surface area contributed by atoms with Crippen LogP contribution in [0.2, 0.25) is 0 Å². The lowest BCUT2D eigenvalue weighted by molar-refractivity contribution is 0.0946. The van der Waals surface area contributed by atoms with E-state index in [1.807, 2.05) is 0 Å². The molecular formula is C14H13N5O2. The zero-order chi connectivity index (χ0) is 14.7. The molecule has 3 rings (SSSR count). The molecule has 7 heteroatoms. The minimum absolute atomic E-state index is 0.230. The Kier molecular flexibility index (Phi) is 3.55. The molecule has 7 nitrogen and oxygen atoms in total. The molecule has 2 aromatic rings. The van der Waals surface area contributed by atoms with E-state index < -0.39 is 0 Å². The molecule has 2 N–H and O–H groups in total. The van der Waals surface area contributed by atoms with Crippen LogP contribution in [0.5, 0.6) is 0 Å². The first-order valence-corrected chi connectivity index (χ1v) is 6.56. The van der Waals surface area contributed by atoms with E-state index in [-0.39, 0.29) is 23.6 Å². The summed E-state index contributed by atoms with van der Waals surface area (Å²) in [6.45, 7) is 0. The van der Waals surface area contributed by atoms with Gasteiger partial charge in [-0.25, -0.2) is 4.98 Å². The molecule has 2 amide bonds. The highest BCUT2D eigenvalue weighted by atomic mass is 16.2. The molecule has 106 valence electrons. The van der Waals surface area contributed by atoms with Crippen LogP contribution < -0.4 is 10.6 Å². The maximum absolute atomic E-state index is 12.1. The third-order valence-electron chi connectivity index (χ3n) is 2.97. The number of amides is 2. The van der Waals surface area contributed by atoms with Crippen molar-refractivity contribution in [2.45, 2.75) is 18.9 Å². The van der Waals surface area contributed by atoms with Gasteiger partial charge in [0.15, 0.2) is 5.82 Å². The molecule has 1 aliphatic rings. The summed E-state index contributed by atoms with van der Waals surface area (Å²) >= 11 is 0. The van der Waals surface area contributed by atoms with Crippen LogP contribution in [0.3, 0.4) is 0 Å². The largest absolute Gasteiger partial charge is 0.348 e. The van der Waals surface area contributed by atoms with Crippen LogP contribution in [0.1, 0.15) is 33.7 Å². The van der Waals surface area contributed by atoms with E-state index in [0.717, 1.165) is 12.8 Å². The molecule has 2 heterocycles. The Hall–Kier alpha value is -2.83. The average Bonchev–Trinajstić information content (AvgIpc) is 3.32. The molecule has 0 aromatic carbocycles. The summed E-state index contributed by atoms with van der Waals surface area (Å²) in [5.41, 5.74) is 0.574. The number of hydrogen-bond donors (Lipinski definition) is 2. The Morgan fingerprint density at radius 1 is 1.10 bits per heavy atom. The van der Waals surface area contributed by atoms with Crippen molar-refractivity contribution in [1.82, 2.24) is 20.3 Å². The van der Waals surface area contributed by atoms with E-state index in [9.17, 15) is 9.59 Å². The predicted octanol–water partition coefficient (Wildman–Crippen LogP) is 1.02. The molecule has 1 fully saturated rings. The van der Waals surface area contributed by atoms with Crippen LogP contribution in [-0.4, -0.2) is 32.8 Å². The normalized spacial score (nSPS) is 13.5. The number of rotatable bonds is 4. The fourth-order valence-electron chi connectivity index (χ4n) is 1.74. The van der Waals surface area contributed by atoms with Gasteiger partial charge in [0.2, 0.25) is 0 Å². The van der Waals surface area contributed by atoms with Crippen molar-refractivity contribution in [3.63, 3.8) is 0 Å². The van der Waals surface area contributed by atoms with Crippen molar-refractivity contribution in [2.75, 3.05) is 5.32 Å². The fraction of sp³-hybridized carbons (Fsp3) is 0.214. The van der Waals surface area contributed by atoms with Gasteiger partial charge in [-0.2, -0.15) is 0 Å². The van der Waals surface area contributed by atoms with Gasteiger partial charge in [0.25, 0.3) is 11.8 Å². The molecule has 0 saturated heterocycles. The van der Waals surface area contributed by atoms with Gasteiger partial charge in [0.1, 0.15) is 5.69 Å². The molecule has 0 spiro atoms. The van der Waals surface area contributed by atoms with Gasteiger partial charge in [-0.1, -0.05) is 0 Å². The highest BCUT2D eigenvalue weighted by molar-refractivity contribution is 6.05. The summed E-state index contributed by atoms with van der Waals surface area (Å²) in [5, 5.41) is 5.44. The Bertz CT molecular complexity index is 670. The first-order valence-electron chi connectivity index (χ1n) is 6.56. The van der Waals surface area contributed by atoms with Crippen molar-refractivity contribution in [3.05, 3.63) is 48.2 Å². The zero-order valence-corrected chi connectivity index (χ0v) is 11.1. The summed E-state index contributed by atoms with van der Waals surface area (Å²) in [6.07, 6.45) is 7.88. The molecule has 0 aliphatic heterocycles. The quantitative estimate of drug-likeness (QED) is 0.873. The highest BCUT2D eigenvalue weighted by Gasteiger charge is 2.24. The monoisotopic (exact) mass is 283 g/mol. The second-order valence-electron chi connectivity index (χ2n) is 4.72. The van der Waals surface area contributed by atoms with Gasteiger partial charge >= 0.3 is 0 Å². The third kappa shape index (κ3) is 3.38. The van der Waals surface area contributed by atoms with E-state index in [4.69, 9.17) is 0 Å². The van der Waals surface area contributed by atoms with E-state index in [0.29, 0.717) is 11.4 Å². The number of hydrogen-bond acceptors (Lipinski definition) is 5. The standard InChI is InChI=1S/C14H13N5O2/c20-13(19-12-8-15-5-6-17-12)9-3-4-16-11(7-9)14(21)18-10-1-2-10/h3-8,10H,1-2H2,(H,18,21)(H,17,19,20). The topological polar surface area (TPSA) is 96.9 Å². The van der Waals surface area contributed by atoms with Gasteiger partial charge in [-0.3, -0.25) is 19.6 Å². The van der Waals surface area contributed by atoms with Crippen molar-refractivity contribution in [1.29, 1.82) is 0 Å². The Morgan fingerprint density at radius 2 is 1.95 bits per heavy atom. The van der Waals surface area contributed by atoms with Crippen molar-refractivity contribution in [2.24, 2.45) is 0 Å². The van der Waals surface area contributed by atoms with E-state index >= 15 is 0 Å². The number of nitrogens with zero attached hydrogens (tertiary/aromatic N) is 3. The van der Waals surface area contributed by atoms with Gasteiger partial charge in [-0.05, 0) is 25.0 Å². The van der Waals surface area contributed by atoms with Crippen molar-refractivity contribution < 1.29 is 9.59 Å². The van der Waals surface area contributed by atoms with E-state index in [1.165, 1.54) is 30.9 Å². The molecule has 0 atom stereocenters. The van der Waals surface area contributed by atoms with E-state index in [2.05, 4.69) is 25.6 Å². The molecule has 21 heavy (non-hydrogen) atoms. The second-order valence-corrected chi connectivity index (χ2v) is 4.72. The maximum atomic E-state index is 12.1. The summed E-state index contributed by atoms with van der Waals surface area (Å²) in [5.74, 6) is -0.270. The minimum atomic E-state index is -0.363. The van der Waals surface area contributed by atoms with Crippen LogP contribution in [0, 0.1) is 0 Å². The molecule has 0 bridgehead atoms. The number of anilines is 1. The van der Waals surface area contributed by atoms with Gasteiger partial charge < -0.3 is 10.6 Å². The Balaban J connectivity index is 1.72. The highest BCUT2D eigenvalue weighted by Crippen LogP contribution is 2.19.